The average Bonchev–Trinajstić information content (AvgIpc) is 2.97. The number of thioether (sulfide) groups is 1. The van der Waals surface area contributed by atoms with Crippen LogP contribution in [0, 0.1) is 0 Å². The van der Waals surface area contributed by atoms with Crippen LogP contribution in [0.15, 0.2) is 42.0 Å². The van der Waals surface area contributed by atoms with Crippen molar-refractivity contribution < 1.29 is 14.3 Å². The summed E-state index contributed by atoms with van der Waals surface area (Å²) in [5, 5.41) is 0.425. The Kier molecular flexibility index (Phi) is 6.42. The third-order valence-electron chi connectivity index (χ3n) is 3.94. The summed E-state index contributed by atoms with van der Waals surface area (Å²) in [5.41, 5.74) is 2.06. The lowest BCUT2D eigenvalue weighted by molar-refractivity contribution is -0.147. The summed E-state index contributed by atoms with van der Waals surface area (Å²) in [4.78, 5) is 25.8. The van der Waals surface area contributed by atoms with Crippen molar-refractivity contribution in [1.29, 1.82) is 0 Å². The van der Waals surface area contributed by atoms with Crippen molar-refractivity contribution in [3.05, 3.63) is 47.5 Å². The predicted octanol–water partition coefficient (Wildman–Crippen LogP) is 3.20. The number of hydrogen-bond donors (Lipinski definition) is 0. The molecule has 0 aromatic heterocycles. The zero-order valence-electron chi connectivity index (χ0n) is 13.8. The van der Waals surface area contributed by atoms with Crippen LogP contribution < -0.4 is 0 Å². The molecule has 0 bridgehead atoms. The first-order valence-corrected chi connectivity index (χ1v) is 8.85. The van der Waals surface area contributed by atoms with Crippen LogP contribution in [0.3, 0.4) is 0 Å². The number of fused-ring (bicyclic) bond motifs is 1. The minimum Gasteiger partial charge on any atom is -0.468 e. The molecule has 1 fully saturated rings. The predicted molar refractivity (Wildman–Crippen MR) is 93.2 cm³/mol. The molecule has 2 aliphatic rings. The van der Waals surface area contributed by atoms with E-state index in [1.807, 2.05) is 44.2 Å². The van der Waals surface area contributed by atoms with Gasteiger partial charge in [0.15, 0.2) is 0 Å². The molecule has 4 nitrogen and oxygen atoms in total. The minimum atomic E-state index is -0.404. The Morgan fingerprint density at radius 1 is 1.30 bits per heavy atom. The Labute approximate surface area is 141 Å². The van der Waals surface area contributed by atoms with Crippen molar-refractivity contribution >= 4 is 22.8 Å². The third kappa shape index (κ3) is 4.03. The number of likely N-dealkylation sites (tertiary alicyclic amines) is 1. The summed E-state index contributed by atoms with van der Waals surface area (Å²) < 4.78 is 4.98. The number of methoxy groups -OCH3 is 1. The zero-order valence-corrected chi connectivity index (χ0v) is 14.6. The van der Waals surface area contributed by atoms with Gasteiger partial charge in [0.25, 0.3) is 0 Å². The molecule has 1 aromatic carbocycles. The van der Waals surface area contributed by atoms with Gasteiger partial charge >= 0.3 is 5.97 Å². The molecule has 0 saturated carbocycles. The molecule has 0 amide bonds. The van der Waals surface area contributed by atoms with Gasteiger partial charge in [0.05, 0.1) is 7.11 Å². The van der Waals surface area contributed by atoms with Gasteiger partial charge < -0.3 is 4.74 Å². The van der Waals surface area contributed by atoms with Gasteiger partial charge in [0, 0.05) is 18.3 Å². The molecule has 2 atom stereocenters. The van der Waals surface area contributed by atoms with Crippen LogP contribution in [-0.2, 0) is 14.3 Å². The van der Waals surface area contributed by atoms with Gasteiger partial charge in [-0.1, -0.05) is 55.9 Å². The maximum Gasteiger partial charge on any atom is 0.327 e. The topological polar surface area (TPSA) is 46.6 Å². The Morgan fingerprint density at radius 2 is 2.00 bits per heavy atom. The molecule has 0 aliphatic carbocycles. The molecule has 2 aliphatic heterocycles. The summed E-state index contributed by atoms with van der Waals surface area (Å²) in [6.07, 6.45) is 2.61. The van der Waals surface area contributed by atoms with Gasteiger partial charge in [0.1, 0.15) is 6.04 Å². The lowest BCUT2D eigenvalue weighted by Gasteiger charge is -2.36. The van der Waals surface area contributed by atoms with Crippen LogP contribution in [0.1, 0.15) is 31.9 Å². The van der Waals surface area contributed by atoms with Crippen LogP contribution in [0.5, 0.6) is 0 Å². The van der Waals surface area contributed by atoms with Gasteiger partial charge in [-0.3, -0.25) is 9.69 Å². The number of piperidine rings is 1. The smallest absolute Gasteiger partial charge is 0.327 e. The number of ether oxygens (including phenoxy) is 1. The van der Waals surface area contributed by atoms with E-state index in [1.54, 1.807) is 6.08 Å². The molecule has 124 valence electrons. The van der Waals surface area contributed by atoms with Gasteiger partial charge in [-0.15, -0.1) is 0 Å². The van der Waals surface area contributed by atoms with Crippen LogP contribution >= 0.6 is 11.8 Å². The van der Waals surface area contributed by atoms with Crippen molar-refractivity contribution in [3.63, 3.8) is 0 Å². The second-order valence-corrected chi connectivity index (χ2v) is 6.45. The maximum absolute atomic E-state index is 12.2. The SMILES string of the molecule is CC.COC(=O)C(c1ccccc1)N1CCC2SC(=O)C=C2C1. The monoisotopic (exact) mass is 333 g/mol. The highest BCUT2D eigenvalue weighted by Gasteiger charge is 2.36. The fraction of sp³-hybridized carbons (Fsp3) is 0.444. The van der Waals surface area contributed by atoms with Crippen molar-refractivity contribution in [2.75, 3.05) is 20.2 Å². The number of benzene rings is 1. The van der Waals surface area contributed by atoms with E-state index in [2.05, 4.69) is 4.90 Å². The van der Waals surface area contributed by atoms with E-state index in [0.29, 0.717) is 11.8 Å². The molecule has 5 heteroatoms. The summed E-state index contributed by atoms with van der Waals surface area (Å²) >= 11 is 1.40. The maximum atomic E-state index is 12.2. The Balaban J connectivity index is 0.000000924. The normalized spacial score (nSPS) is 21.6. The van der Waals surface area contributed by atoms with Gasteiger partial charge in [-0.2, -0.15) is 0 Å². The first-order chi connectivity index (χ1) is 11.2. The molecule has 1 saturated heterocycles. The quantitative estimate of drug-likeness (QED) is 0.795. The molecule has 0 N–H and O–H groups in total. The van der Waals surface area contributed by atoms with Gasteiger partial charge in [-0.05, 0) is 23.6 Å². The molecule has 2 heterocycles. The van der Waals surface area contributed by atoms with E-state index in [1.165, 1.54) is 18.9 Å². The van der Waals surface area contributed by atoms with Gasteiger partial charge in [0.2, 0.25) is 5.12 Å². The van der Waals surface area contributed by atoms with Crippen LogP contribution in [0.25, 0.3) is 0 Å². The molecule has 23 heavy (non-hydrogen) atoms. The second kappa shape index (κ2) is 8.31. The lowest BCUT2D eigenvalue weighted by Crippen LogP contribution is -2.42. The van der Waals surface area contributed by atoms with Gasteiger partial charge in [-0.25, -0.2) is 4.79 Å². The summed E-state index contributed by atoms with van der Waals surface area (Å²) in [5.74, 6) is -0.253. The average molecular weight is 333 g/mol. The number of rotatable bonds is 3. The fourth-order valence-corrected chi connectivity index (χ4v) is 3.96. The molecule has 3 rings (SSSR count). The Hall–Kier alpha value is -1.59. The summed E-state index contributed by atoms with van der Waals surface area (Å²) in [6, 6.07) is 9.25. The van der Waals surface area contributed by atoms with Crippen LogP contribution in [-0.4, -0.2) is 41.4 Å². The first kappa shape index (κ1) is 17.8. The van der Waals surface area contributed by atoms with Crippen LogP contribution in [0.4, 0.5) is 0 Å². The Bertz CT molecular complexity index is 585. The summed E-state index contributed by atoms with van der Waals surface area (Å²) in [6.45, 7) is 5.44. The number of carbonyl (C=O) groups excluding carboxylic acids is 2. The van der Waals surface area contributed by atoms with Crippen molar-refractivity contribution in [1.82, 2.24) is 4.90 Å². The van der Waals surface area contributed by atoms with Crippen molar-refractivity contribution in [3.8, 4) is 0 Å². The zero-order chi connectivity index (χ0) is 16.8. The number of carbonyl (C=O) groups is 2. The highest BCUT2D eigenvalue weighted by molar-refractivity contribution is 8.15. The van der Waals surface area contributed by atoms with E-state index in [0.717, 1.165) is 24.1 Å². The van der Waals surface area contributed by atoms with Crippen LogP contribution in [0.2, 0.25) is 0 Å². The molecule has 0 spiro atoms. The molecule has 1 aromatic rings. The fourth-order valence-electron chi connectivity index (χ4n) is 2.95. The molecular weight excluding hydrogens is 310 g/mol. The van der Waals surface area contributed by atoms with E-state index in [9.17, 15) is 9.59 Å². The Morgan fingerprint density at radius 3 is 2.65 bits per heavy atom. The highest BCUT2D eigenvalue weighted by atomic mass is 32.2. The largest absolute Gasteiger partial charge is 0.468 e. The van der Waals surface area contributed by atoms with E-state index in [4.69, 9.17) is 4.74 Å². The minimum absolute atomic E-state index is 0.131. The highest BCUT2D eigenvalue weighted by Crippen LogP contribution is 2.37. The molecular formula is C18H23NO3S. The van der Waals surface area contributed by atoms with E-state index >= 15 is 0 Å². The molecule has 2 unspecified atom stereocenters. The number of esters is 1. The molecule has 0 radical (unpaired) electrons. The second-order valence-electron chi connectivity index (χ2n) is 5.24. The standard InChI is InChI=1S/C16H17NO3S.C2H6/c1-20-16(19)15(11-5-3-2-4-6-11)17-8-7-13-12(10-17)9-14(18)21-13;1-2/h2-6,9,13,15H,7-8,10H2,1H3;1-2H3. The third-order valence-corrected chi connectivity index (χ3v) is 5.12. The number of nitrogens with zero attached hydrogens (tertiary/aromatic N) is 1. The van der Waals surface area contributed by atoms with E-state index in [-0.39, 0.29) is 11.1 Å². The van der Waals surface area contributed by atoms with E-state index < -0.39 is 6.04 Å². The van der Waals surface area contributed by atoms with Crippen molar-refractivity contribution in [2.24, 2.45) is 0 Å². The lowest BCUT2D eigenvalue weighted by atomic mass is 9.98. The number of hydrogen-bond acceptors (Lipinski definition) is 5. The van der Waals surface area contributed by atoms with Crippen molar-refractivity contribution in [2.45, 2.75) is 31.6 Å². The summed E-state index contributed by atoms with van der Waals surface area (Å²) in [7, 11) is 1.42. The first-order valence-electron chi connectivity index (χ1n) is 7.97.